The molecule has 3 aromatic rings. The molecular weight excluding hydrogens is 362 g/mol. The minimum Gasteiger partial charge on any atom is -0.478 e. The molecule has 0 heterocycles. The molecule has 0 spiro atoms. The number of hydrogen-bond donors (Lipinski definition) is 2. The van der Waals surface area contributed by atoms with Crippen molar-refractivity contribution in [1.82, 2.24) is 0 Å². The summed E-state index contributed by atoms with van der Waals surface area (Å²) in [5, 5.41) is 12.2. The van der Waals surface area contributed by atoms with Crippen LogP contribution in [-0.4, -0.2) is 17.0 Å². The van der Waals surface area contributed by atoms with Gasteiger partial charge >= 0.3 is 5.97 Å². The molecule has 0 aromatic heterocycles. The van der Waals surface area contributed by atoms with Crippen molar-refractivity contribution in [3.05, 3.63) is 107 Å². The van der Waals surface area contributed by atoms with Gasteiger partial charge in [0.15, 0.2) is 0 Å². The standard InChI is InChI=1S/C25H21NO3/c1-18(16-20-10-6-3-7-11-20)24(27)26-23-17-21(14-15-22(23)25(28)29)13-12-19-8-4-2-5-9-19/h2-17H,1H3,(H,26,27)(H,28,29)/b13-12?,18-16+. The largest absolute Gasteiger partial charge is 0.478 e. The van der Waals surface area contributed by atoms with Gasteiger partial charge in [0.2, 0.25) is 0 Å². The Morgan fingerprint density at radius 3 is 2.00 bits per heavy atom. The second-order valence-electron chi connectivity index (χ2n) is 6.55. The Morgan fingerprint density at radius 1 is 0.793 bits per heavy atom. The summed E-state index contributed by atoms with van der Waals surface area (Å²) in [6, 6.07) is 24.1. The SMILES string of the molecule is C/C(=C\c1ccccc1)C(=O)Nc1cc(C=Cc2ccccc2)ccc1C(=O)O. The predicted molar refractivity (Wildman–Crippen MR) is 117 cm³/mol. The maximum atomic E-state index is 12.6. The van der Waals surface area contributed by atoms with Crippen molar-refractivity contribution in [3.8, 4) is 0 Å². The van der Waals surface area contributed by atoms with Crippen LogP contribution in [-0.2, 0) is 4.79 Å². The van der Waals surface area contributed by atoms with Crippen LogP contribution in [0.3, 0.4) is 0 Å². The molecule has 3 rings (SSSR count). The molecule has 0 saturated heterocycles. The zero-order valence-corrected chi connectivity index (χ0v) is 16.0. The Hall–Kier alpha value is -3.92. The number of amides is 1. The second kappa shape index (κ2) is 9.33. The number of carbonyl (C=O) groups excluding carboxylic acids is 1. The Bertz CT molecular complexity index is 1070. The van der Waals surface area contributed by atoms with Crippen LogP contribution in [0.25, 0.3) is 18.2 Å². The van der Waals surface area contributed by atoms with Gasteiger partial charge in [-0.1, -0.05) is 78.9 Å². The fraction of sp³-hybridized carbons (Fsp3) is 0.0400. The topological polar surface area (TPSA) is 66.4 Å². The van der Waals surface area contributed by atoms with Crippen LogP contribution in [0.2, 0.25) is 0 Å². The van der Waals surface area contributed by atoms with Gasteiger partial charge in [-0.15, -0.1) is 0 Å². The Labute approximate surface area is 169 Å². The molecule has 0 radical (unpaired) electrons. The number of anilines is 1. The molecule has 1 amide bonds. The van der Waals surface area contributed by atoms with Gasteiger partial charge in [-0.05, 0) is 41.8 Å². The zero-order valence-electron chi connectivity index (χ0n) is 16.0. The first-order valence-electron chi connectivity index (χ1n) is 9.18. The van der Waals surface area contributed by atoms with Crippen LogP contribution >= 0.6 is 0 Å². The van der Waals surface area contributed by atoms with E-state index in [0.717, 1.165) is 16.7 Å². The lowest BCUT2D eigenvalue weighted by molar-refractivity contribution is -0.112. The summed E-state index contributed by atoms with van der Waals surface area (Å²) in [6.45, 7) is 1.70. The smallest absolute Gasteiger partial charge is 0.337 e. The van der Waals surface area contributed by atoms with E-state index in [2.05, 4.69) is 5.32 Å². The van der Waals surface area contributed by atoms with E-state index in [1.807, 2.05) is 72.8 Å². The molecule has 2 N–H and O–H groups in total. The highest BCUT2D eigenvalue weighted by atomic mass is 16.4. The molecule has 4 nitrogen and oxygen atoms in total. The molecule has 0 aliphatic carbocycles. The number of nitrogens with one attached hydrogen (secondary N) is 1. The summed E-state index contributed by atoms with van der Waals surface area (Å²) in [4.78, 5) is 24.2. The molecule has 3 aromatic carbocycles. The van der Waals surface area contributed by atoms with Crippen molar-refractivity contribution in [3.63, 3.8) is 0 Å². The molecule has 0 aliphatic rings. The second-order valence-corrected chi connectivity index (χ2v) is 6.55. The summed E-state index contributed by atoms with van der Waals surface area (Å²) in [5.41, 5.74) is 3.51. The van der Waals surface area contributed by atoms with E-state index in [0.29, 0.717) is 5.57 Å². The van der Waals surface area contributed by atoms with Gasteiger partial charge in [0, 0.05) is 5.57 Å². The van der Waals surface area contributed by atoms with E-state index in [1.165, 1.54) is 6.07 Å². The summed E-state index contributed by atoms with van der Waals surface area (Å²) >= 11 is 0. The first-order valence-corrected chi connectivity index (χ1v) is 9.18. The average Bonchev–Trinajstić information content (AvgIpc) is 2.73. The molecule has 0 saturated carbocycles. The number of rotatable bonds is 6. The Kier molecular flexibility index (Phi) is 6.38. The van der Waals surface area contributed by atoms with Crippen molar-refractivity contribution in [1.29, 1.82) is 0 Å². The number of carbonyl (C=O) groups is 2. The van der Waals surface area contributed by atoms with E-state index >= 15 is 0 Å². The molecule has 0 atom stereocenters. The van der Waals surface area contributed by atoms with Crippen molar-refractivity contribution < 1.29 is 14.7 Å². The number of benzene rings is 3. The lowest BCUT2D eigenvalue weighted by Crippen LogP contribution is -2.15. The first-order chi connectivity index (χ1) is 14.0. The van der Waals surface area contributed by atoms with Crippen molar-refractivity contribution >= 4 is 35.8 Å². The molecule has 0 aliphatic heterocycles. The van der Waals surface area contributed by atoms with Crippen LogP contribution in [0.1, 0.15) is 34.0 Å². The normalized spacial score (nSPS) is 11.4. The van der Waals surface area contributed by atoms with Crippen LogP contribution < -0.4 is 5.32 Å². The highest BCUT2D eigenvalue weighted by molar-refractivity contribution is 6.09. The van der Waals surface area contributed by atoms with Gasteiger partial charge in [-0.3, -0.25) is 4.79 Å². The fourth-order valence-corrected chi connectivity index (χ4v) is 2.80. The van der Waals surface area contributed by atoms with E-state index in [1.54, 1.807) is 25.1 Å². The zero-order chi connectivity index (χ0) is 20.6. The highest BCUT2D eigenvalue weighted by Gasteiger charge is 2.14. The minimum absolute atomic E-state index is 0.0442. The van der Waals surface area contributed by atoms with Crippen LogP contribution in [0, 0.1) is 0 Å². The molecule has 4 heteroatoms. The molecule has 0 fully saturated rings. The summed E-state index contributed by atoms with van der Waals surface area (Å²) in [6.07, 6.45) is 5.57. The minimum atomic E-state index is -1.09. The van der Waals surface area contributed by atoms with Gasteiger partial charge in [0.1, 0.15) is 0 Å². The first kappa shape index (κ1) is 19.8. The average molecular weight is 383 g/mol. The van der Waals surface area contributed by atoms with Gasteiger partial charge < -0.3 is 10.4 Å². The third-order valence-electron chi connectivity index (χ3n) is 4.33. The number of carboxylic acid groups (broad SMARTS) is 1. The molecule has 144 valence electrons. The molecule has 29 heavy (non-hydrogen) atoms. The quantitative estimate of drug-likeness (QED) is 0.430. The van der Waals surface area contributed by atoms with Gasteiger partial charge in [0.25, 0.3) is 5.91 Å². The summed E-state index contributed by atoms with van der Waals surface area (Å²) in [5.74, 6) is -1.44. The molecule has 0 unspecified atom stereocenters. The number of carboxylic acids is 1. The van der Waals surface area contributed by atoms with Crippen molar-refractivity contribution in [2.75, 3.05) is 5.32 Å². The maximum Gasteiger partial charge on any atom is 0.337 e. The van der Waals surface area contributed by atoms with E-state index in [-0.39, 0.29) is 17.2 Å². The van der Waals surface area contributed by atoms with Crippen molar-refractivity contribution in [2.45, 2.75) is 6.92 Å². The third kappa shape index (κ3) is 5.53. The lowest BCUT2D eigenvalue weighted by atomic mass is 10.1. The van der Waals surface area contributed by atoms with Crippen LogP contribution in [0.5, 0.6) is 0 Å². The number of aromatic carboxylic acids is 1. The number of hydrogen-bond acceptors (Lipinski definition) is 2. The van der Waals surface area contributed by atoms with Gasteiger partial charge in [0.05, 0.1) is 11.3 Å². The van der Waals surface area contributed by atoms with E-state index in [4.69, 9.17) is 0 Å². The molecular formula is C25H21NO3. The van der Waals surface area contributed by atoms with Crippen LogP contribution in [0.15, 0.2) is 84.4 Å². The van der Waals surface area contributed by atoms with E-state index < -0.39 is 5.97 Å². The highest BCUT2D eigenvalue weighted by Crippen LogP contribution is 2.21. The van der Waals surface area contributed by atoms with E-state index in [9.17, 15) is 14.7 Å². The summed E-state index contributed by atoms with van der Waals surface area (Å²) < 4.78 is 0. The Balaban J connectivity index is 1.84. The van der Waals surface area contributed by atoms with Crippen molar-refractivity contribution in [2.24, 2.45) is 0 Å². The maximum absolute atomic E-state index is 12.6. The van der Waals surface area contributed by atoms with Gasteiger partial charge in [-0.2, -0.15) is 0 Å². The summed E-state index contributed by atoms with van der Waals surface area (Å²) in [7, 11) is 0. The molecule has 0 bridgehead atoms. The fourth-order valence-electron chi connectivity index (χ4n) is 2.80. The lowest BCUT2D eigenvalue weighted by Gasteiger charge is -2.10. The monoisotopic (exact) mass is 383 g/mol. The Morgan fingerprint density at radius 2 is 1.38 bits per heavy atom. The third-order valence-corrected chi connectivity index (χ3v) is 4.33. The van der Waals surface area contributed by atoms with Crippen LogP contribution in [0.4, 0.5) is 5.69 Å². The predicted octanol–water partition coefficient (Wildman–Crippen LogP) is 5.60. The van der Waals surface area contributed by atoms with Gasteiger partial charge in [-0.25, -0.2) is 4.79 Å².